The fourth-order valence-electron chi connectivity index (χ4n) is 3.48. The van der Waals surface area contributed by atoms with Gasteiger partial charge < -0.3 is 19.1 Å². The lowest BCUT2D eigenvalue weighted by atomic mass is 10.0. The van der Waals surface area contributed by atoms with Crippen LogP contribution in [-0.4, -0.2) is 51.4 Å². The summed E-state index contributed by atoms with van der Waals surface area (Å²) in [6, 6.07) is 0. The smallest absolute Gasteiger partial charge is 0.0884 e. The molecule has 0 saturated carbocycles. The van der Waals surface area contributed by atoms with Gasteiger partial charge in [-0.3, -0.25) is 0 Å². The van der Waals surface area contributed by atoms with Gasteiger partial charge in [0.25, 0.3) is 0 Å². The van der Waals surface area contributed by atoms with Crippen LogP contribution >= 0.6 is 0 Å². The summed E-state index contributed by atoms with van der Waals surface area (Å²) in [6.45, 7) is 3.75. The van der Waals surface area contributed by atoms with Gasteiger partial charge >= 0.3 is 0 Å². The number of rotatable bonds is 20. The predicted octanol–water partition coefficient (Wildman–Crippen LogP) is 4.56. The van der Waals surface area contributed by atoms with Gasteiger partial charge in [-0.1, -0.05) is 90.4 Å². The van der Waals surface area contributed by atoms with Crippen LogP contribution in [0, 0.1) is 5.92 Å². The molecule has 0 rings (SSSR count). The highest BCUT2D eigenvalue weighted by Gasteiger charge is 2.19. The number of carbonyl (C=O) groups is 1. The Morgan fingerprint density at radius 3 is 1.56 bits per heavy atom. The van der Waals surface area contributed by atoms with Gasteiger partial charge in [0.15, 0.2) is 0 Å². The lowest BCUT2D eigenvalue weighted by Crippen LogP contribution is -2.47. The summed E-state index contributed by atoms with van der Waals surface area (Å²) in [5.41, 5.74) is 0. The Balaban J connectivity index is 3.34. The molecule has 0 saturated heterocycles. The van der Waals surface area contributed by atoms with Crippen LogP contribution in [0.25, 0.3) is 0 Å². The zero-order valence-electron chi connectivity index (χ0n) is 18.8. The van der Waals surface area contributed by atoms with Gasteiger partial charge in [0.1, 0.15) is 0 Å². The van der Waals surface area contributed by atoms with Gasteiger partial charge in [-0.15, -0.1) is 0 Å². The van der Waals surface area contributed by atoms with Crippen molar-refractivity contribution in [3.63, 3.8) is 0 Å². The number of carboxylic acids is 1. The van der Waals surface area contributed by atoms with Crippen molar-refractivity contribution in [2.24, 2.45) is 5.92 Å². The van der Waals surface area contributed by atoms with E-state index in [2.05, 4.69) is 6.92 Å². The van der Waals surface area contributed by atoms with E-state index in [9.17, 15) is 9.90 Å². The van der Waals surface area contributed by atoms with Crippen LogP contribution in [0.2, 0.25) is 0 Å². The first kappa shape index (κ1) is 26.4. The maximum atomic E-state index is 11.2. The van der Waals surface area contributed by atoms with E-state index in [1.54, 1.807) is 0 Å². The highest BCUT2D eigenvalue weighted by Crippen LogP contribution is 2.13. The second-order valence-electron chi connectivity index (χ2n) is 9.16. The standard InChI is InChI=1S/C23H47NO3/c1-5-6-7-8-9-10-11-12-13-14-15-16-17-18-19-27-21-22(23(25)26)20-24(2,3)4/h22H,5-21H2,1-4H3. The van der Waals surface area contributed by atoms with E-state index in [-0.39, 0.29) is 6.61 Å². The third-order valence-corrected chi connectivity index (χ3v) is 5.06. The molecule has 0 amide bonds. The molecule has 0 aliphatic carbocycles. The Morgan fingerprint density at radius 2 is 1.19 bits per heavy atom. The number of unbranched alkanes of at least 4 members (excludes halogenated alkanes) is 13. The van der Waals surface area contributed by atoms with Crippen molar-refractivity contribution < 1.29 is 19.1 Å². The zero-order chi connectivity index (χ0) is 20.4. The number of nitrogens with zero attached hydrogens (tertiary/aromatic N) is 1. The molecule has 0 aliphatic rings. The van der Waals surface area contributed by atoms with Crippen LogP contribution in [0.15, 0.2) is 0 Å². The summed E-state index contributed by atoms with van der Waals surface area (Å²) < 4.78 is 6.19. The van der Waals surface area contributed by atoms with Gasteiger partial charge in [0.2, 0.25) is 0 Å². The molecule has 0 spiro atoms. The summed E-state index contributed by atoms with van der Waals surface area (Å²) in [7, 11) is 5.97. The topological polar surface area (TPSA) is 49.4 Å². The minimum Gasteiger partial charge on any atom is -0.550 e. The molecule has 1 unspecified atom stereocenters. The molecule has 27 heavy (non-hydrogen) atoms. The lowest BCUT2D eigenvalue weighted by Gasteiger charge is -2.29. The highest BCUT2D eigenvalue weighted by atomic mass is 16.5. The fraction of sp³-hybridized carbons (Fsp3) is 0.957. The second kappa shape index (κ2) is 17.5. The van der Waals surface area contributed by atoms with E-state index in [4.69, 9.17) is 4.74 Å². The minimum atomic E-state index is -0.996. The van der Waals surface area contributed by atoms with Crippen LogP contribution in [-0.2, 0) is 9.53 Å². The van der Waals surface area contributed by atoms with E-state index in [1.807, 2.05) is 21.1 Å². The van der Waals surface area contributed by atoms with Crippen LogP contribution < -0.4 is 5.11 Å². The SMILES string of the molecule is CCCCCCCCCCCCCCCCOCC(C[N+](C)(C)C)C(=O)[O-]. The van der Waals surface area contributed by atoms with E-state index < -0.39 is 11.9 Å². The van der Waals surface area contributed by atoms with Crippen molar-refractivity contribution in [2.45, 2.75) is 96.8 Å². The Hall–Kier alpha value is -0.610. The van der Waals surface area contributed by atoms with Gasteiger partial charge in [0.05, 0.1) is 46.2 Å². The first-order valence-corrected chi connectivity index (χ1v) is 11.5. The summed E-state index contributed by atoms with van der Waals surface area (Å²) >= 11 is 0. The molecular formula is C23H47NO3. The quantitative estimate of drug-likeness (QED) is 0.228. The van der Waals surface area contributed by atoms with E-state index in [1.165, 1.54) is 83.5 Å². The third-order valence-electron chi connectivity index (χ3n) is 5.06. The van der Waals surface area contributed by atoms with Crippen molar-refractivity contribution in [1.82, 2.24) is 0 Å². The molecule has 0 radical (unpaired) electrons. The number of hydrogen-bond donors (Lipinski definition) is 0. The summed E-state index contributed by atoms with van der Waals surface area (Å²) in [6.07, 6.45) is 18.8. The second-order valence-corrected chi connectivity index (χ2v) is 9.16. The van der Waals surface area contributed by atoms with Crippen LogP contribution in [0.1, 0.15) is 96.8 Å². The van der Waals surface area contributed by atoms with Crippen LogP contribution in [0.5, 0.6) is 0 Å². The monoisotopic (exact) mass is 385 g/mol. The average molecular weight is 386 g/mol. The molecule has 0 aromatic rings. The number of carboxylic acid groups (broad SMARTS) is 1. The van der Waals surface area contributed by atoms with Crippen molar-refractivity contribution in [2.75, 3.05) is 40.9 Å². The number of ether oxygens (including phenoxy) is 1. The lowest BCUT2D eigenvalue weighted by molar-refractivity contribution is -0.873. The molecule has 0 aromatic heterocycles. The summed E-state index contributed by atoms with van der Waals surface area (Å²) in [5.74, 6) is -1.51. The first-order chi connectivity index (χ1) is 12.9. The minimum absolute atomic E-state index is 0.274. The van der Waals surface area contributed by atoms with Gasteiger partial charge in [-0.2, -0.15) is 0 Å². The van der Waals surface area contributed by atoms with Crippen LogP contribution in [0.3, 0.4) is 0 Å². The maximum Gasteiger partial charge on any atom is 0.0884 e. The van der Waals surface area contributed by atoms with Crippen molar-refractivity contribution in [1.29, 1.82) is 0 Å². The van der Waals surface area contributed by atoms with E-state index >= 15 is 0 Å². The van der Waals surface area contributed by atoms with Crippen LogP contribution in [0.4, 0.5) is 0 Å². The molecular weight excluding hydrogens is 338 g/mol. The highest BCUT2D eigenvalue weighted by molar-refractivity contribution is 5.67. The van der Waals surface area contributed by atoms with Crippen molar-refractivity contribution in [3.05, 3.63) is 0 Å². The summed E-state index contributed by atoms with van der Waals surface area (Å²) in [5, 5.41) is 11.2. The molecule has 4 heteroatoms. The largest absolute Gasteiger partial charge is 0.550 e. The molecule has 0 aromatic carbocycles. The van der Waals surface area contributed by atoms with Gasteiger partial charge in [-0.25, -0.2) is 0 Å². The molecule has 0 heterocycles. The first-order valence-electron chi connectivity index (χ1n) is 11.5. The third kappa shape index (κ3) is 19.9. The van der Waals surface area contributed by atoms with Crippen molar-refractivity contribution >= 4 is 5.97 Å². The predicted molar refractivity (Wildman–Crippen MR) is 113 cm³/mol. The Morgan fingerprint density at radius 1 is 0.778 bits per heavy atom. The fourth-order valence-corrected chi connectivity index (χ4v) is 3.48. The Bertz CT molecular complexity index is 339. The zero-order valence-corrected chi connectivity index (χ0v) is 18.8. The molecule has 4 nitrogen and oxygen atoms in total. The van der Waals surface area contributed by atoms with E-state index in [0.29, 0.717) is 17.6 Å². The summed E-state index contributed by atoms with van der Waals surface area (Å²) in [4.78, 5) is 11.2. The molecule has 0 aliphatic heterocycles. The van der Waals surface area contributed by atoms with Gasteiger partial charge in [0, 0.05) is 6.61 Å². The number of quaternary nitrogens is 1. The maximum absolute atomic E-state index is 11.2. The Labute approximate surface area is 169 Å². The molecule has 0 N–H and O–H groups in total. The van der Waals surface area contributed by atoms with E-state index in [0.717, 1.165) is 6.42 Å². The van der Waals surface area contributed by atoms with Gasteiger partial charge in [-0.05, 0) is 6.42 Å². The Kier molecular flexibility index (Phi) is 17.1. The number of hydrogen-bond acceptors (Lipinski definition) is 3. The molecule has 0 bridgehead atoms. The molecule has 0 fully saturated rings. The average Bonchev–Trinajstić information content (AvgIpc) is 2.59. The number of carbonyl (C=O) groups excluding carboxylic acids is 1. The number of aliphatic carboxylic acids is 1. The normalized spacial score (nSPS) is 13.0. The molecule has 1 atom stereocenters. The molecule has 162 valence electrons. The van der Waals surface area contributed by atoms with Crippen molar-refractivity contribution in [3.8, 4) is 0 Å².